The number of hydrogen-bond acceptors (Lipinski definition) is 2. The van der Waals surface area contributed by atoms with Gasteiger partial charge in [0.1, 0.15) is 0 Å². The average molecular weight is 141 g/mol. The highest BCUT2D eigenvalue weighted by molar-refractivity contribution is 4.96. The molecule has 2 heteroatoms. The van der Waals surface area contributed by atoms with Gasteiger partial charge in [0.15, 0.2) is 0 Å². The quantitative estimate of drug-likeness (QED) is 0.438. The summed E-state index contributed by atoms with van der Waals surface area (Å²) in [7, 11) is 0. The lowest BCUT2D eigenvalue weighted by Crippen LogP contribution is -2.19. The van der Waals surface area contributed by atoms with Crippen LogP contribution in [0.4, 0.5) is 0 Å². The fraction of sp³-hybridized carbons (Fsp3) is 0.750. The van der Waals surface area contributed by atoms with Crippen LogP contribution in [0.15, 0.2) is 0 Å². The molecular formula is C8H15NO. The average Bonchev–Trinajstić information content (AvgIpc) is 1.87. The fourth-order valence-corrected chi connectivity index (χ4v) is 0.550. The van der Waals surface area contributed by atoms with Gasteiger partial charge in [-0.1, -0.05) is 5.92 Å². The topological polar surface area (TPSA) is 32.3 Å². The van der Waals surface area contributed by atoms with Crippen LogP contribution in [0.1, 0.15) is 20.3 Å². The van der Waals surface area contributed by atoms with E-state index in [-0.39, 0.29) is 6.10 Å². The van der Waals surface area contributed by atoms with Crippen LogP contribution >= 0.6 is 0 Å². The first kappa shape index (κ1) is 9.48. The lowest BCUT2D eigenvalue weighted by molar-refractivity contribution is 0.184. The number of rotatable bonds is 4. The zero-order chi connectivity index (χ0) is 7.82. The number of aliphatic hydroxyl groups excluding tert-OH is 1. The summed E-state index contributed by atoms with van der Waals surface area (Å²) in [6, 6.07) is 0. The van der Waals surface area contributed by atoms with Crippen LogP contribution in [-0.2, 0) is 0 Å². The molecule has 10 heavy (non-hydrogen) atoms. The van der Waals surface area contributed by atoms with Crippen molar-refractivity contribution in [2.24, 2.45) is 0 Å². The highest BCUT2D eigenvalue weighted by Crippen LogP contribution is 1.84. The smallest absolute Gasteiger partial charge is 0.0576 e. The van der Waals surface area contributed by atoms with Crippen LogP contribution in [0.3, 0.4) is 0 Å². The highest BCUT2D eigenvalue weighted by atomic mass is 16.3. The first-order valence-electron chi connectivity index (χ1n) is 3.55. The maximum Gasteiger partial charge on any atom is 0.0576 e. The Kier molecular flexibility index (Phi) is 6.25. The van der Waals surface area contributed by atoms with E-state index in [4.69, 9.17) is 5.11 Å². The lowest BCUT2D eigenvalue weighted by Gasteiger charge is -2.02. The van der Waals surface area contributed by atoms with Gasteiger partial charge in [0.2, 0.25) is 0 Å². The zero-order valence-corrected chi connectivity index (χ0v) is 6.65. The molecule has 0 aliphatic heterocycles. The molecule has 0 bridgehead atoms. The van der Waals surface area contributed by atoms with Crippen molar-refractivity contribution < 1.29 is 5.11 Å². The minimum absolute atomic E-state index is 0.206. The Labute approximate surface area is 62.6 Å². The minimum Gasteiger partial charge on any atom is -0.393 e. The third-order valence-corrected chi connectivity index (χ3v) is 1.13. The van der Waals surface area contributed by atoms with Gasteiger partial charge in [0.05, 0.1) is 12.6 Å². The molecule has 2 nitrogen and oxygen atoms in total. The van der Waals surface area contributed by atoms with E-state index in [2.05, 4.69) is 17.2 Å². The zero-order valence-electron chi connectivity index (χ0n) is 6.65. The molecule has 0 spiro atoms. The van der Waals surface area contributed by atoms with E-state index in [1.54, 1.807) is 6.92 Å². The van der Waals surface area contributed by atoms with E-state index >= 15 is 0 Å². The van der Waals surface area contributed by atoms with E-state index in [9.17, 15) is 0 Å². The molecule has 0 heterocycles. The van der Waals surface area contributed by atoms with E-state index in [0.29, 0.717) is 0 Å². The third kappa shape index (κ3) is 7.48. The Hall–Kier alpha value is -0.520. The molecule has 0 aromatic heterocycles. The molecule has 0 aromatic carbocycles. The monoisotopic (exact) mass is 141 g/mol. The molecule has 0 radical (unpaired) electrons. The molecule has 0 aliphatic carbocycles. The molecule has 1 unspecified atom stereocenters. The van der Waals surface area contributed by atoms with Crippen LogP contribution < -0.4 is 5.32 Å². The molecule has 0 aromatic rings. The van der Waals surface area contributed by atoms with Gasteiger partial charge in [-0.15, -0.1) is 5.92 Å². The van der Waals surface area contributed by atoms with E-state index < -0.39 is 0 Å². The van der Waals surface area contributed by atoms with Crippen molar-refractivity contribution in [3.8, 4) is 11.8 Å². The van der Waals surface area contributed by atoms with Crippen LogP contribution in [0.5, 0.6) is 0 Å². The number of hydrogen-bond donors (Lipinski definition) is 2. The summed E-state index contributed by atoms with van der Waals surface area (Å²) in [6.45, 7) is 5.17. The largest absolute Gasteiger partial charge is 0.393 e. The second-order valence-electron chi connectivity index (χ2n) is 2.24. The third-order valence-electron chi connectivity index (χ3n) is 1.13. The normalized spacial score (nSPS) is 11.9. The maximum absolute atomic E-state index is 8.83. The number of nitrogens with one attached hydrogen (secondary N) is 1. The molecule has 0 saturated heterocycles. The van der Waals surface area contributed by atoms with Crippen LogP contribution in [-0.4, -0.2) is 24.3 Å². The van der Waals surface area contributed by atoms with Gasteiger partial charge >= 0.3 is 0 Å². The Morgan fingerprint density at radius 3 is 2.80 bits per heavy atom. The molecular weight excluding hydrogens is 126 g/mol. The van der Waals surface area contributed by atoms with Crippen molar-refractivity contribution in [1.29, 1.82) is 0 Å². The van der Waals surface area contributed by atoms with Crippen molar-refractivity contribution in [2.75, 3.05) is 13.1 Å². The standard InChI is InChI=1S/C8H15NO/c1-3-4-6-9-7-5-8(2)10/h8-10H,5-7H2,1-2H3. The second kappa shape index (κ2) is 6.60. The summed E-state index contributed by atoms with van der Waals surface area (Å²) in [5.41, 5.74) is 0. The van der Waals surface area contributed by atoms with Gasteiger partial charge in [-0.25, -0.2) is 0 Å². The van der Waals surface area contributed by atoms with E-state index in [1.165, 1.54) is 0 Å². The first-order chi connectivity index (χ1) is 4.77. The van der Waals surface area contributed by atoms with Gasteiger partial charge in [0, 0.05) is 0 Å². The number of aliphatic hydroxyl groups is 1. The van der Waals surface area contributed by atoms with Gasteiger partial charge in [-0.3, -0.25) is 0 Å². The SMILES string of the molecule is CC#CCNCCC(C)O. The molecule has 0 fully saturated rings. The van der Waals surface area contributed by atoms with Crippen LogP contribution in [0, 0.1) is 11.8 Å². The summed E-state index contributed by atoms with van der Waals surface area (Å²) < 4.78 is 0. The summed E-state index contributed by atoms with van der Waals surface area (Å²) >= 11 is 0. The summed E-state index contributed by atoms with van der Waals surface area (Å²) in [5.74, 6) is 5.66. The summed E-state index contributed by atoms with van der Waals surface area (Å²) in [6.07, 6.45) is 0.591. The predicted octanol–water partition coefficient (Wildman–Crippen LogP) is 0.370. The van der Waals surface area contributed by atoms with Crippen molar-refractivity contribution in [1.82, 2.24) is 5.32 Å². The highest BCUT2D eigenvalue weighted by Gasteiger charge is 1.91. The Morgan fingerprint density at radius 1 is 1.60 bits per heavy atom. The van der Waals surface area contributed by atoms with Crippen LogP contribution in [0.2, 0.25) is 0 Å². The van der Waals surface area contributed by atoms with E-state index in [1.807, 2.05) is 6.92 Å². The Bertz CT molecular complexity index is 121. The lowest BCUT2D eigenvalue weighted by atomic mass is 10.3. The second-order valence-corrected chi connectivity index (χ2v) is 2.24. The Balaban J connectivity index is 2.96. The Morgan fingerprint density at radius 2 is 2.30 bits per heavy atom. The van der Waals surface area contributed by atoms with Crippen molar-refractivity contribution >= 4 is 0 Å². The van der Waals surface area contributed by atoms with Crippen molar-refractivity contribution in [2.45, 2.75) is 26.4 Å². The van der Waals surface area contributed by atoms with Gasteiger partial charge in [-0.05, 0) is 26.8 Å². The first-order valence-corrected chi connectivity index (χ1v) is 3.55. The molecule has 58 valence electrons. The summed E-state index contributed by atoms with van der Waals surface area (Å²) in [5, 5.41) is 11.9. The van der Waals surface area contributed by atoms with Crippen LogP contribution in [0.25, 0.3) is 0 Å². The fourth-order valence-electron chi connectivity index (χ4n) is 0.550. The summed E-state index contributed by atoms with van der Waals surface area (Å²) in [4.78, 5) is 0. The molecule has 2 N–H and O–H groups in total. The van der Waals surface area contributed by atoms with Gasteiger partial charge < -0.3 is 10.4 Å². The van der Waals surface area contributed by atoms with Crippen molar-refractivity contribution in [3.05, 3.63) is 0 Å². The molecule has 0 aliphatic rings. The van der Waals surface area contributed by atoms with Crippen molar-refractivity contribution in [3.63, 3.8) is 0 Å². The molecule has 0 rings (SSSR count). The molecule has 0 saturated carbocycles. The van der Waals surface area contributed by atoms with E-state index in [0.717, 1.165) is 19.5 Å². The minimum atomic E-state index is -0.206. The maximum atomic E-state index is 8.83. The molecule has 0 amide bonds. The predicted molar refractivity (Wildman–Crippen MR) is 42.6 cm³/mol. The van der Waals surface area contributed by atoms with Gasteiger partial charge in [-0.2, -0.15) is 0 Å². The molecule has 1 atom stereocenters. The van der Waals surface area contributed by atoms with Gasteiger partial charge in [0.25, 0.3) is 0 Å².